The summed E-state index contributed by atoms with van der Waals surface area (Å²) >= 11 is 0. The molecule has 3 aromatic carbocycles. The van der Waals surface area contributed by atoms with Crippen molar-refractivity contribution in [1.29, 1.82) is 0 Å². The van der Waals surface area contributed by atoms with Crippen LogP contribution < -0.4 is 4.57 Å². The summed E-state index contributed by atoms with van der Waals surface area (Å²) in [6, 6.07) is 20.7. The van der Waals surface area contributed by atoms with Crippen molar-refractivity contribution in [2.45, 2.75) is 34.1 Å². The van der Waals surface area contributed by atoms with Gasteiger partial charge in [0.05, 0.1) is 5.56 Å². The fourth-order valence-corrected chi connectivity index (χ4v) is 4.37. The lowest BCUT2D eigenvalue weighted by Gasteiger charge is -2.18. The molecule has 0 bridgehead atoms. The molecule has 0 saturated heterocycles. The second-order valence-electron chi connectivity index (χ2n) is 9.16. The van der Waals surface area contributed by atoms with E-state index in [1.165, 1.54) is 10.8 Å². The number of nitrogens with zero attached hydrogens (tertiary/aromatic N) is 1. The minimum Gasteiger partial charge on any atom is -0.456 e. The van der Waals surface area contributed by atoms with Crippen LogP contribution in [-0.2, 0) is 13.4 Å². The Morgan fingerprint density at radius 3 is 2.57 bits per heavy atom. The summed E-state index contributed by atoms with van der Waals surface area (Å²) < 4.78 is 25.9. The van der Waals surface area contributed by atoms with Gasteiger partial charge in [-0.2, -0.15) is 0 Å². The van der Waals surface area contributed by atoms with Crippen LogP contribution in [0.25, 0.3) is 44.0 Å². The van der Waals surface area contributed by atoms with Gasteiger partial charge in [0, 0.05) is 31.2 Å². The molecule has 2 nitrogen and oxygen atoms in total. The summed E-state index contributed by atoms with van der Waals surface area (Å²) in [5, 5.41) is 4.66. The third-order valence-electron chi connectivity index (χ3n) is 5.72. The minimum absolute atomic E-state index is 0.511. The van der Waals surface area contributed by atoms with Crippen molar-refractivity contribution in [3.05, 3.63) is 78.0 Å². The molecule has 0 N–H and O–H groups in total. The number of pyridine rings is 1. The van der Waals surface area contributed by atoms with Gasteiger partial charge in [-0.25, -0.2) is 4.57 Å². The van der Waals surface area contributed by atoms with Crippen LogP contribution in [0.15, 0.2) is 71.3 Å². The van der Waals surface area contributed by atoms with Crippen molar-refractivity contribution < 1.29 is 11.7 Å². The van der Waals surface area contributed by atoms with E-state index in [1.54, 1.807) is 0 Å². The monoisotopic (exact) mass is 396 g/mol. The minimum atomic E-state index is -1.45. The van der Waals surface area contributed by atoms with Crippen LogP contribution in [0.1, 0.15) is 34.6 Å². The number of furan rings is 1. The molecule has 0 saturated carbocycles. The van der Waals surface area contributed by atoms with Crippen molar-refractivity contribution in [3.8, 4) is 11.3 Å². The molecule has 2 heteroatoms. The Hall–Kier alpha value is -3.13. The first-order valence-corrected chi connectivity index (χ1v) is 10.4. The molecule has 0 atom stereocenters. The van der Waals surface area contributed by atoms with Crippen LogP contribution in [0, 0.1) is 12.3 Å². The predicted octanol–water partition coefficient (Wildman–Crippen LogP) is 7.13. The number of benzene rings is 3. The molecule has 0 spiro atoms. The summed E-state index contributed by atoms with van der Waals surface area (Å²) in [7, 11) is 2.00. The van der Waals surface area contributed by atoms with Gasteiger partial charge in [-0.3, -0.25) is 0 Å². The zero-order valence-electron chi connectivity index (χ0n) is 20.2. The van der Waals surface area contributed by atoms with E-state index in [2.05, 4.69) is 60.0 Å². The number of aryl methyl sites for hydroxylation is 2. The van der Waals surface area contributed by atoms with Crippen LogP contribution >= 0.6 is 0 Å². The average molecular weight is 397 g/mol. The van der Waals surface area contributed by atoms with Crippen LogP contribution in [0.5, 0.6) is 0 Å². The van der Waals surface area contributed by atoms with Crippen molar-refractivity contribution in [2.24, 2.45) is 12.5 Å². The molecule has 30 heavy (non-hydrogen) atoms. The molecule has 2 aromatic heterocycles. The summed E-state index contributed by atoms with van der Waals surface area (Å²) in [5.41, 5.74) is 5.04. The normalized spacial score (nSPS) is 13.8. The number of hydrogen-bond donors (Lipinski definition) is 0. The van der Waals surface area contributed by atoms with Crippen LogP contribution in [0.4, 0.5) is 0 Å². The van der Waals surface area contributed by atoms with Crippen molar-refractivity contribution in [2.75, 3.05) is 0 Å². The van der Waals surface area contributed by atoms with Gasteiger partial charge < -0.3 is 4.42 Å². The van der Waals surface area contributed by atoms with E-state index >= 15 is 0 Å². The summed E-state index contributed by atoms with van der Waals surface area (Å²) in [5.74, 6) is 0. The number of fused-ring (bicyclic) bond motifs is 5. The Balaban J connectivity index is 1.76. The van der Waals surface area contributed by atoms with E-state index in [1.807, 2.05) is 46.1 Å². The van der Waals surface area contributed by atoms with Gasteiger partial charge in [-0.1, -0.05) is 51.1 Å². The Morgan fingerprint density at radius 1 is 0.967 bits per heavy atom. The quantitative estimate of drug-likeness (QED) is 0.290. The maximum atomic E-state index is 8.72. The predicted molar refractivity (Wildman–Crippen MR) is 126 cm³/mol. The lowest BCUT2D eigenvalue weighted by Crippen LogP contribution is -2.31. The third kappa shape index (κ3) is 3.08. The van der Waals surface area contributed by atoms with Crippen molar-refractivity contribution in [3.63, 3.8) is 0 Å². The fourth-order valence-electron chi connectivity index (χ4n) is 4.37. The fraction of sp³-hybridized carbons (Fsp3) is 0.250. The van der Waals surface area contributed by atoms with E-state index in [4.69, 9.17) is 7.16 Å². The molecule has 0 radical (unpaired) electrons. The van der Waals surface area contributed by atoms with E-state index in [9.17, 15) is 0 Å². The second kappa shape index (κ2) is 6.70. The highest BCUT2D eigenvalue weighted by Gasteiger charge is 2.20. The highest BCUT2D eigenvalue weighted by atomic mass is 16.3. The Kier molecular flexibility index (Phi) is 3.72. The molecule has 0 unspecified atom stereocenters. The number of aromatic nitrogens is 1. The van der Waals surface area contributed by atoms with Gasteiger partial charge in [0.1, 0.15) is 18.2 Å². The van der Waals surface area contributed by atoms with E-state index in [0.29, 0.717) is 5.56 Å². The molecule has 0 fully saturated rings. The average Bonchev–Trinajstić information content (AvgIpc) is 3.14. The molecule has 0 amide bonds. The molecule has 0 aliphatic carbocycles. The first-order chi connectivity index (χ1) is 15.1. The topological polar surface area (TPSA) is 17.0 Å². The highest BCUT2D eigenvalue weighted by molar-refractivity contribution is 6.19. The molecule has 5 aromatic rings. The van der Waals surface area contributed by atoms with Gasteiger partial charge in [0.25, 0.3) is 0 Å². The Bertz CT molecular complexity index is 1510. The maximum Gasteiger partial charge on any atom is 0.212 e. The zero-order chi connectivity index (χ0) is 22.8. The highest BCUT2D eigenvalue weighted by Crippen LogP contribution is 2.38. The molecular formula is C28H28NO+. The van der Waals surface area contributed by atoms with Gasteiger partial charge in [0.2, 0.25) is 5.69 Å². The van der Waals surface area contributed by atoms with Gasteiger partial charge in [-0.15, -0.1) is 0 Å². The standard InChI is InChI=1S/C28H28NO/c1-18-21(24-16-19(14-15-29(24)5)17-28(2,3)4)11-12-23-26-22-9-7-6-8-20(22)10-13-25(26)30-27(18)23/h6-16H,17H2,1-5H3/q+1/i17D2. The summed E-state index contributed by atoms with van der Waals surface area (Å²) in [6.07, 6.45) is 0.496. The molecule has 0 aliphatic rings. The summed E-state index contributed by atoms with van der Waals surface area (Å²) in [4.78, 5) is 0. The van der Waals surface area contributed by atoms with Gasteiger partial charge in [-0.05, 0) is 53.2 Å². The Morgan fingerprint density at radius 2 is 1.77 bits per heavy atom. The largest absolute Gasteiger partial charge is 0.456 e. The third-order valence-corrected chi connectivity index (χ3v) is 5.72. The van der Waals surface area contributed by atoms with E-state index in [0.717, 1.165) is 38.8 Å². The molecule has 5 rings (SSSR count). The second-order valence-corrected chi connectivity index (χ2v) is 9.16. The summed E-state index contributed by atoms with van der Waals surface area (Å²) in [6.45, 7) is 7.91. The first-order valence-electron chi connectivity index (χ1n) is 11.4. The first kappa shape index (κ1) is 16.6. The number of rotatable bonds is 2. The lowest BCUT2D eigenvalue weighted by molar-refractivity contribution is -0.660. The molecule has 2 heterocycles. The van der Waals surface area contributed by atoms with Crippen LogP contribution in [-0.4, -0.2) is 0 Å². The lowest BCUT2D eigenvalue weighted by atomic mass is 9.88. The van der Waals surface area contributed by atoms with E-state index < -0.39 is 11.8 Å². The molecule has 0 aliphatic heterocycles. The van der Waals surface area contributed by atoms with E-state index in [-0.39, 0.29) is 0 Å². The smallest absolute Gasteiger partial charge is 0.212 e. The molecule has 150 valence electrons. The number of hydrogen-bond acceptors (Lipinski definition) is 1. The van der Waals surface area contributed by atoms with Crippen molar-refractivity contribution >= 4 is 32.7 Å². The zero-order valence-corrected chi connectivity index (χ0v) is 18.2. The van der Waals surface area contributed by atoms with Crippen LogP contribution in [0.2, 0.25) is 0 Å². The van der Waals surface area contributed by atoms with Gasteiger partial charge >= 0.3 is 0 Å². The van der Waals surface area contributed by atoms with Crippen molar-refractivity contribution in [1.82, 2.24) is 0 Å². The Labute approximate surface area is 180 Å². The van der Waals surface area contributed by atoms with Gasteiger partial charge in [0.15, 0.2) is 6.20 Å². The SMILES string of the molecule is [2H]C([2H])(c1cc[n+](C)c(-c2ccc3c(oc4ccc5ccccc5c43)c2C)c1)C(C)(C)C. The molecular weight excluding hydrogens is 366 g/mol. The van der Waals surface area contributed by atoms with Crippen LogP contribution in [0.3, 0.4) is 0 Å². The maximum absolute atomic E-state index is 8.72.